The second-order valence-electron chi connectivity index (χ2n) is 7.66. The smallest absolute Gasteiger partial charge is 0.294 e. The molecule has 9 heteroatoms. The zero-order valence-electron chi connectivity index (χ0n) is 16.7. The molecular weight excluding hydrogens is 382 g/mol. The van der Waals surface area contributed by atoms with E-state index >= 15 is 0 Å². The molecule has 0 amide bonds. The third kappa shape index (κ3) is 7.75. The lowest BCUT2D eigenvalue weighted by atomic mass is 10.2. The van der Waals surface area contributed by atoms with E-state index in [1.807, 2.05) is 0 Å². The number of aliphatic hydroxyl groups is 2. The summed E-state index contributed by atoms with van der Waals surface area (Å²) in [7, 11) is -4.27. The molecule has 1 saturated heterocycles. The highest BCUT2D eigenvalue weighted by molar-refractivity contribution is 7.85. The zero-order valence-corrected chi connectivity index (χ0v) is 17.6. The van der Waals surface area contributed by atoms with Gasteiger partial charge in [-0.15, -0.1) is 0 Å². The summed E-state index contributed by atoms with van der Waals surface area (Å²) in [5.74, 6) is 0. The van der Waals surface area contributed by atoms with Crippen molar-refractivity contribution in [2.75, 3.05) is 52.4 Å². The molecule has 2 atom stereocenters. The van der Waals surface area contributed by atoms with Crippen LogP contribution >= 0.6 is 0 Å². The lowest BCUT2D eigenvalue weighted by Gasteiger charge is -2.27. The fraction of sp³-hybridized carbons (Fsp3) is 0.684. The summed E-state index contributed by atoms with van der Waals surface area (Å²) in [5, 5.41) is 19.5. The van der Waals surface area contributed by atoms with E-state index in [1.165, 1.54) is 6.07 Å². The van der Waals surface area contributed by atoms with Crippen molar-refractivity contribution in [3.63, 3.8) is 0 Å². The Labute approximate surface area is 168 Å². The van der Waals surface area contributed by atoms with E-state index in [4.69, 9.17) is 0 Å². The summed E-state index contributed by atoms with van der Waals surface area (Å²) in [6.45, 7) is 9.60. The standard InChI is InChI=1S/C19H33N3O5S/c1-16(23)13-20-7-8-21(14-17(2)24)10-12-22(11-9-20)15-18-5-3-4-6-19(18)28(25,26)27/h3-6,16-17,23-24H,7-15H2,1-2H3,(H,25,26,27)/t16-,17-/m0/s1. The Kier molecular flexibility index (Phi) is 8.81. The van der Waals surface area contributed by atoms with Gasteiger partial charge in [0, 0.05) is 58.9 Å². The Balaban J connectivity index is 2.16. The van der Waals surface area contributed by atoms with Gasteiger partial charge in [-0.2, -0.15) is 8.42 Å². The maximum absolute atomic E-state index is 11.7. The molecule has 0 aromatic heterocycles. The molecule has 0 unspecified atom stereocenters. The van der Waals surface area contributed by atoms with Gasteiger partial charge in [0.25, 0.3) is 10.1 Å². The second-order valence-corrected chi connectivity index (χ2v) is 9.05. The molecule has 0 spiro atoms. The van der Waals surface area contributed by atoms with E-state index in [9.17, 15) is 23.2 Å². The first-order valence-electron chi connectivity index (χ1n) is 9.73. The molecule has 2 rings (SSSR count). The van der Waals surface area contributed by atoms with Gasteiger partial charge in [0.05, 0.1) is 17.1 Å². The lowest BCUT2D eigenvalue weighted by Crippen LogP contribution is -2.41. The van der Waals surface area contributed by atoms with Gasteiger partial charge in [0.2, 0.25) is 0 Å². The highest BCUT2D eigenvalue weighted by Gasteiger charge is 2.21. The molecule has 160 valence electrons. The van der Waals surface area contributed by atoms with E-state index in [0.717, 1.165) is 39.3 Å². The summed E-state index contributed by atoms with van der Waals surface area (Å²) in [5.41, 5.74) is 0.563. The predicted molar refractivity (Wildman–Crippen MR) is 108 cm³/mol. The van der Waals surface area contributed by atoms with Gasteiger partial charge in [0.1, 0.15) is 0 Å². The Hall–Kier alpha value is -1.07. The largest absolute Gasteiger partial charge is 0.392 e. The Bertz CT molecular complexity index is 689. The van der Waals surface area contributed by atoms with Crippen molar-refractivity contribution in [2.45, 2.75) is 37.5 Å². The number of hydrogen-bond donors (Lipinski definition) is 3. The minimum absolute atomic E-state index is 0.0588. The van der Waals surface area contributed by atoms with Gasteiger partial charge in [-0.05, 0) is 25.5 Å². The van der Waals surface area contributed by atoms with Crippen molar-refractivity contribution in [3.8, 4) is 0 Å². The Morgan fingerprint density at radius 2 is 1.29 bits per heavy atom. The maximum Gasteiger partial charge on any atom is 0.294 e. The van der Waals surface area contributed by atoms with E-state index in [1.54, 1.807) is 32.0 Å². The van der Waals surface area contributed by atoms with Crippen molar-refractivity contribution < 1.29 is 23.2 Å². The van der Waals surface area contributed by atoms with Crippen LogP contribution in [0.3, 0.4) is 0 Å². The number of rotatable bonds is 7. The molecule has 1 heterocycles. The van der Waals surface area contributed by atoms with Crippen LogP contribution in [0.1, 0.15) is 19.4 Å². The molecule has 1 aromatic carbocycles. The van der Waals surface area contributed by atoms with Crippen molar-refractivity contribution in [1.29, 1.82) is 0 Å². The van der Waals surface area contributed by atoms with Crippen LogP contribution in [0, 0.1) is 0 Å². The minimum Gasteiger partial charge on any atom is -0.392 e. The van der Waals surface area contributed by atoms with Crippen LogP contribution < -0.4 is 0 Å². The second kappa shape index (κ2) is 10.6. The van der Waals surface area contributed by atoms with E-state index in [-0.39, 0.29) is 4.90 Å². The molecular formula is C19H33N3O5S. The molecule has 1 aliphatic rings. The van der Waals surface area contributed by atoms with Crippen LogP contribution in [0.25, 0.3) is 0 Å². The molecule has 0 aliphatic carbocycles. The van der Waals surface area contributed by atoms with Crippen molar-refractivity contribution in [3.05, 3.63) is 29.8 Å². The van der Waals surface area contributed by atoms with E-state index < -0.39 is 22.3 Å². The average molecular weight is 416 g/mol. The molecule has 1 fully saturated rings. The fourth-order valence-corrected chi connectivity index (χ4v) is 4.30. The number of hydrogen-bond acceptors (Lipinski definition) is 7. The third-order valence-electron chi connectivity index (χ3n) is 4.89. The SMILES string of the molecule is C[C@H](O)CN1CCN(Cc2ccccc2S(=O)(=O)O)CCN(C[C@H](C)O)CC1. The minimum atomic E-state index is -4.27. The summed E-state index contributed by atoms with van der Waals surface area (Å²) in [6.07, 6.45) is -0.862. The molecule has 1 aromatic rings. The van der Waals surface area contributed by atoms with Gasteiger partial charge in [-0.3, -0.25) is 19.3 Å². The first-order chi connectivity index (χ1) is 13.1. The molecule has 0 saturated carbocycles. The highest BCUT2D eigenvalue weighted by atomic mass is 32.2. The Morgan fingerprint density at radius 3 is 1.71 bits per heavy atom. The normalized spacial score (nSPS) is 20.9. The number of aliphatic hydroxyl groups excluding tert-OH is 2. The van der Waals surface area contributed by atoms with E-state index in [0.29, 0.717) is 25.2 Å². The molecule has 3 N–H and O–H groups in total. The van der Waals surface area contributed by atoms with Gasteiger partial charge in [-0.25, -0.2) is 0 Å². The van der Waals surface area contributed by atoms with Crippen molar-refractivity contribution in [1.82, 2.24) is 14.7 Å². The first-order valence-corrected chi connectivity index (χ1v) is 11.2. The maximum atomic E-state index is 11.7. The van der Waals surface area contributed by atoms with E-state index in [2.05, 4.69) is 14.7 Å². The topological polar surface area (TPSA) is 105 Å². The van der Waals surface area contributed by atoms with Crippen molar-refractivity contribution in [2.24, 2.45) is 0 Å². The van der Waals surface area contributed by atoms with Crippen molar-refractivity contribution >= 4 is 10.1 Å². The third-order valence-corrected chi connectivity index (χ3v) is 5.84. The zero-order chi connectivity index (χ0) is 20.7. The lowest BCUT2D eigenvalue weighted by molar-refractivity contribution is 0.102. The number of nitrogens with zero attached hydrogens (tertiary/aromatic N) is 3. The fourth-order valence-electron chi connectivity index (χ4n) is 3.58. The van der Waals surface area contributed by atoms with Crippen LogP contribution in [-0.2, 0) is 16.7 Å². The van der Waals surface area contributed by atoms with Crippen LogP contribution in [0.2, 0.25) is 0 Å². The van der Waals surface area contributed by atoms with Gasteiger partial charge in [-0.1, -0.05) is 18.2 Å². The predicted octanol–water partition coefficient (Wildman–Crippen LogP) is 0.115. The van der Waals surface area contributed by atoms with Gasteiger partial charge >= 0.3 is 0 Å². The molecule has 28 heavy (non-hydrogen) atoms. The Morgan fingerprint density at radius 1 is 0.857 bits per heavy atom. The monoisotopic (exact) mass is 415 g/mol. The number of β-amino-alcohol motifs (C(OH)–C–C–N with tert-alkyl or cyclic N) is 2. The molecule has 1 aliphatic heterocycles. The highest BCUT2D eigenvalue weighted by Crippen LogP contribution is 2.17. The quantitative estimate of drug-likeness (QED) is 0.539. The summed E-state index contributed by atoms with van der Waals surface area (Å²) in [4.78, 5) is 6.47. The van der Waals surface area contributed by atoms with Crippen LogP contribution in [0.5, 0.6) is 0 Å². The van der Waals surface area contributed by atoms with Crippen LogP contribution in [0.15, 0.2) is 29.2 Å². The summed E-state index contributed by atoms with van der Waals surface area (Å²) in [6, 6.07) is 6.50. The summed E-state index contributed by atoms with van der Waals surface area (Å²) < 4.78 is 32.9. The summed E-state index contributed by atoms with van der Waals surface area (Å²) >= 11 is 0. The average Bonchev–Trinajstić information content (AvgIpc) is 2.67. The van der Waals surface area contributed by atoms with Gasteiger partial charge in [0.15, 0.2) is 0 Å². The first kappa shape index (κ1) is 23.2. The van der Waals surface area contributed by atoms with Crippen LogP contribution in [0.4, 0.5) is 0 Å². The number of benzene rings is 1. The molecule has 0 radical (unpaired) electrons. The molecule has 8 nitrogen and oxygen atoms in total. The van der Waals surface area contributed by atoms with Crippen LogP contribution in [-0.4, -0.2) is 102 Å². The molecule has 0 bridgehead atoms. The van der Waals surface area contributed by atoms with Gasteiger partial charge < -0.3 is 10.2 Å².